The van der Waals surface area contributed by atoms with Crippen molar-refractivity contribution in [2.45, 2.75) is 66.5 Å². The molecule has 0 aromatic carbocycles. The number of pyridine rings is 1. The van der Waals surface area contributed by atoms with Gasteiger partial charge in [0.1, 0.15) is 0 Å². The molecule has 0 unspecified atom stereocenters. The number of aryl methyl sites for hydroxylation is 2. The third-order valence-electron chi connectivity index (χ3n) is 3.10. The Labute approximate surface area is 123 Å². The Balaban J connectivity index is 2.45. The van der Waals surface area contributed by atoms with Crippen molar-refractivity contribution in [3.05, 3.63) is 30.1 Å². The average Bonchev–Trinajstić information content (AvgIpc) is 2.24. The summed E-state index contributed by atoms with van der Waals surface area (Å²) in [7, 11) is 0. The molecule has 0 aliphatic rings. The highest BCUT2D eigenvalue weighted by molar-refractivity contribution is 5.76. The van der Waals surface area contributed by atoms with E-state index in [0.717, 1.165) is 13.0 Å². The molecule has 1 aromatic heterocycles. The van der Waals surface area contributed by atoms with Crippen molar-refractivity contribution in [3.63, 3.8) is 0 Å². The monoisotopic (exact) mass is 277 g/mol. The minimum atomic E-state index is -0.159. The van der Waals surface area contributed by atoms with Crippen LogP contribution in [0.5, 0.6) is 0 Å². The maximum absolute atomic E-state index is 12.1. The molecule has 0 aliphatic carbocycles. The molecule has 0 aliphatic heterocycles. The van der Waals surface area contributed by atoms with E-state index in [4.69, 9.17) is 0 Å². The lowest BCUT2D eigenvalue weighted by Crippen LogP contribution is -2.47. The smallest absolute Gasteiger partial charge is 0.226 e. The van der Waals surface area contributed by atoms with Crippen molar-refractivity contribution in [2.24, 2.45) is 5.41 Å². The van der Waals surface area contributed by atoms with E-state index in [1.54, 1.807) is 0 Å². The van der Waals surface area contributed by atoms with Crippen LogP contribution in [-0.4, -0.2) is 11.4 Å². The van der Waals surface area contributed by atoms with E-state index in [0.29, 0.717) is 6.42 Å². The number of hydrogen-bond donors (Lipinski definition) is 1. The maximum Gasteiger partial charge on any atom is 0.226 e. The Bertz CT molecular complexity index is 441. The molecule has 3 heteroatoms. The predicted molar refractivity (Wildman–Crippen MR) is 82.3 cm³/mol. The standard InChI is InChI=1S/C17H28N2O/c1-14-7-10-19(11-8-14)12-9-15(20)18-17(5,6)13-16(2,3)4/h7-8,10-11H,9,12-13H2,1-6H3/p+1. The van der Waals surface area contributed by atoms with E-state index in [1.165, 1.54) is 5.56 Å². The van der Waals surface area contributed by atoms with Crippen LogP contribution in [0.1, 0.15) is 53.0 Å². The number of amides is 1. The van der Waals surface area contributed by atoms with Crippen LogP contribution in [0, 0.1) is 12.3 Å². The molecular formula is C17H29N2O+. The van der Waals surface area contributed by atoms with Gasteiger partial charge in [0.2, 0.25) is 5.91 Å². The number of nitrogens with one attached hydrogen (secondary N) is 1. The van der Waals surface area contributed by atoms with Crippen molar-refractivity contribution >= 4 is 5.91 Å². The lowest BCUT2D eigenvalue weighted by molar-refractivity contribution is -0.695. The van der Waals surface area contributed by atoms with Gasteiger partial charge in [-0.05, 0) is 38.2 Å². The third-order valence-corrected chi connectivity index (χ3v) is 3.10. The molecule has 1 amide bonds. The second-order valence-corrected chi connectivity index (χ2v) is 7.53. The zero-order valence-corrected chi connectivity index (χ0v) is 13.8. The highest BCUT2D eigenvalue weighted by atomic mass is 16.1. The van der Waals surface area contributed by atoms with Gasteiger partial charge in [0, 0.05) is 17.7 Å². The van der Waals surface area contributed by atoms with E-state index in [1.807, 2.05) is 17.0 Å². The summed E-state index contributed by atoms with van der Waals surface area (Å²) in [6.07, 6.45) is 5.51. The SMILES string of the molecule is Cc1cc[n+](CCC(=O)NC(C)(C)CC(C)(C)C)cc1. The zero-order chi connectivity index (χ0) is 15.4. The molecule has 0 spiro atoms. The second kappa shape index (κ2) is 6.38. The van der Waals surface area contributed by atoms with Gasteiger partial charge in [0.15, 0.2) is 18.9 Å². The fourth-order valence-corrected chi connectivity index (χ4v) is 2.72. The number of rotatable bonds is 5. The number of aromatic nitrogens is 1. The van der Waals surface area contributed by atoms with Gasteiger partial charge in [-0.1, -0.05) is 20.8 Å². The van der Waals surface area contributed by atoms with E-state index in [-0.39, 0.29) is 16.9 Å². The molecule has 1 heterocycles. The Hall–Kier alpha value is -1.38. The fourth-order valence-electron chi connectivity index (χ4n) is 2.72. The molecular weight excluding hydrogens is 248 g/mol. The van der Waals surface area contributed by atoms with Crippen LogP contribution in [0.25, 0.3) is 0 Å². The van der Waals surface area contributed by atoms with Gasteiger partial charge >= 0.3 is 0 Å². The van der Waals surface area contributed by atoms with Crippen LogP contribution in [-0.2, 0) is 11.3 Å². The summed E-state index contributed by atoms with van der Waals surface area (Å²) >= 11 is 0. The van der Waals surface area contributed by atoms with E-state index < -0.39 is 0 Å². The molecule has 0 radical (unpaired) electrons. The molecule has 0 saturated carbocycles. The molecule has 1 aromatic rings. The first kappa shape index (κ1) is 16.7. The van der Waals surface area contributed by atoms with Crippen LogP contribution in [0.15, 0.2) is 24.5 Å². The highest BCUT2D eigenvalue weighted by Crippen LogP contribution is 2.26. The lowest BCUT2D eigenvalue weighted by Gasteiger charge is -2.33. The number of nitrogens with zero attached hydrogens (tertiary/aromatic N) is 1. The Kier molecular flexibility index (Phi) is 5.32. The Morgan fingerprint density at radius 3 is 2.20 bits per heavy atom. The van der Waals surface area contributed by atoms with Gasteiger partial charge in [-0.25, -0.2) is 4.57 Å². The summed E-state index contributed by atoms with van der Waals surface area (Å²) in [5.74, 6) is 0.118. The molecule has 0 fully saturated rings. The van der Waals surface area contributed by atoms with Crippen LogP contribution >= 0.6 is 0 Å². The van der Waals surface area contributed by atoms with Gasteiger partial charge in [-0.3, -0.25) is 4.79 Å². The van der Waals surface area contributed by atoms with E-state index in [2.05, 4.69) is 59.0 Å². The van der Waals surface area contributed by atoms with Crippen molar-refractivity contribution in [1.82, 2.24) is 5.32 Å². The van der Waals surface area contributed by atoms with Crippen LogP contribution in [0.4, 0.5) is 0 Å². The van der Waals surface area contributed by atoms with Gasteiger partial charge in [-0.15, -0.1) is 0 Å². The van der Waals surface area contributed by atoms with Crippen molar-refractivity contribution in [1.29, 1.82) is 0 Å². The summed E-state index contributed by atoms with van der Waals surface area (Å²) in [5, 5.41) is 3.14. The van der Waals surface area contributed by atoms with Crippen molar-refractivity contribution in [2.75, 3.05) is 0 Å². The quantitative estimate of drug-likeness (QED) is 0.825. The van der Waals surface area contributed by atoms with Crippen LogP contribution in [0.2, 0.25) is 0 Å². The minimum Gasteiger partial charge on any atom is -0.351 e. The molecule has 0 atom stereocenters. The first-order valence-electron chi connectivity index (χ1n) is 7.34. The summed E-state index contributed by atoms with van der Waals surface area (Å²) in [6.45, 7) is 13.6. The molecule has 1 rings (SSSR count). The lowest BCUT2D eigenvalue weighted by atomic mass is 9.82. The van der Waals surface area contributed by atoms with Gasteiger partial charge < -0.3 is 5.32 Å². The normalized spacial score (nSPS) is 12.3. The summed E-state index contributed by atoms with van der Waals surface area (Å²) in [6, 6.07) is 4.11. The molecule has 20 heavy (non-hydrogen) atoms. The number of hydrogen-bond acceptors (Lipinski definition) is 1. The van der Waals surface area contributed by atoms with Gasteiger partial charge in [-0.2, -0.15) is 0 Å². The fraction of sp³-hybridized carbons (Fsp3) is 0.647. The van der Waals surface area contributed by atoms with E-state index >= 15 is 0 Å². The largest absolute Gasteiger partial charge is 0.351 e. The third kappa shape index (κ3) is 6.69. The first-order valence-corrected chi connectivity index (χ1v) is 7.34. The minimum absolute atomic E-state index is 0.118. The predicted octanol–water partition coefficient (Wildman–Crippen LogP) is 3.00. The second-order valence-electron chi connectivity index (χ2n) is 7.53. The molecule has 3 nitrogen and oxygen atoms in total. The average molecular weight is 277 g/mol. The Morgan fingerprint density at radius 1 is 1.15 bits per heavy atom. The van der Waals surface area contributed by atoms with Crippen molar-refractivity contribution < 1.29 is 9.36 Å². The zero-order valence-electron chi connectivity index (χ0n) is 13.8. The topological polar surface area (TPSA) is 33.0 Å². The first-order chi connectivity index (χ1) is 9.07. The van der Waals surface area contributed by atoms with Crippen LogP contribution in [0.3, 0.4) is 0 Å². The molecule has 0 saturated heterocycles. The van der Waals surface area contributed by atoms with E-state index in [9.17, 15) is 4.79 Å². The molecule has 1 N–H and O–H groups in total. The number of carbonyl (C=O) groups is 1. The summed E-state index contributed by atoms with van der Waals surface area (Å²) in [5.41, 5.74) is 1.28. The summed E-state index contributed by atoms with van der Waals surface area (Å²) in [4.78, 5) is 12.1. The van der Waals surface area contributed by atoms with Crippen LogP contribution < -0.4 is 9.88 Å². The highest BCUT2D eigenvalue weighted by Gasteiger charge is 2.27. The van der Waals surface area contributed by atoms with Gasteiger partial charge in [0.25, 0.3) is 0 Å². The maximum atomic E-state index is 12.1. The summed E-state index contributed by atoms with van der Waals surface area (Å²) < 4.78 is 2.04. The number of carbonyl (C=O) groups excluding carboxylic acids is 1. The van der Waals surface area contributed by atoms with Crippen molar-refractivity contribution in [3.8, 4) is 0 Å². The molecule has 0 bridgehead atoms. The Morgan fingerprint density at radius 2 is 1.70 bits per heavy atom. The van der Waals surface area contributed by atoms with Gasteiger partial charge in [0.05, 0.1) is 6.42 Å². The molecule has 112 valence electrons.